The van der Waals surface area contributed by atoms with Crippen molar-refractivity contribution in [1.82, 2.24) is 0 Å². The minimum absolute atomic E-state index is 0. The number of benzene rings is 3. The van der Waals surface area contributed by atoms with E-state index >= 15 is 0 Å². The quantitative estimate of drug-likeness (QED) is 0.167. The highest BCUT2D eigenvalue weighted by molar-refractivity contribution is 6.40. The first-order chi connectivity index (χ1) is 18.0. The standard InChI is InChI=1S/C10H9Cl2FO2.C8H7Cl2FO.C8H5Cl2FO.2CH4/c1-5(15-6(2)14)9-7(11)3-4-8(13)10(9)12;2*1-4(12)7-5(9)2-3-6(11)8(7)10;;/h3-5H,1-2H3;2-4,12H,1H3;2-3H,1H3;2*1H4. The summed E-state index contributed by atoms with van der Waals surface area (Å²) in [5.74, 6) is -2.61. The van der Waals surface area contributed by atoms with Crippen LogP contribution in [0.25, 0.3) is 0 Å². The second-order valence-corrected chi connectivity index (χ2v) is 10.1. The van der Waals surface area contributed by atoms with Crippen LogP contribution in [0.5, 0.6) is 0 Å². The van der Waals surface area contributed by atoms with Gasteiger partial charge in [-0.3, -0.25) is 9.59 Å². The topological polar surface area (TPSA) is 63.6 Å². The van der Waals surface area contributed by atoms with E-state index in [1.807, 2.05) is 0 Å². The third-order valence-electron chi connectivity index (χ3n) is 4.72. The Labute approximate surface area is 268 Å². The Kier molecular flexibility index (Phi) is 18.9. The highest BCUT2D eigenvalue weighted by Crippen LogP contribution is 2.34. The molecule has 1 N–H and O–H groups in total. The second-order valence-electron chi connectivity index (χ2n) is 7.72. The van der Waals surface area contributed by atoms with E-state index in [-0.39, 0.29) is 67.5 Å². The van der Waals surface area contributed by atoms with Gasteiger partial charge >= 0.3 is 5.97 Å². The van der Waals surface area contributed by atoms with Gasteiger partial charge in [-0.1, -0.05) is 84.5 Å². The molecule has 0 saturated carbocycles. The van der Waals surface area contributed by atoms with Crippen LogP contribution in [-0.4, -0.2) is 16.9 Å². The summed E-state index contributed by atoms with van der Waals surface area (Å²) in [6.07, 6.45) is -1.53. The number of Topliss-reactive ketones (excluding diaryl/α,β-unsaturated/α-hetero) is 1. The van der Waals surface area contributed by atoms with Crippen molar-refractivity contribution in [1.29, 1.82) is 0 Å². The number of ketones is 1. The first-order valence-electron chi connectivity index (χ1n) is 10.8. The minimum Gasteiger partial charge on any atom is -0.458 e. The van der Waals surface area contributed by atoms with E-state index < -0.39 is 35.6 Å². The van der Waals surface area contributed by atoms with Gasteiger partial charge in [0.25, 0.3) is 0 Å². The Morgan fingerprint density at radius 1 is 0.683 bits per heavy atom. The number of esters is 1. The van der Waals surface area contributed by atoms with Crippen LogP contribution in [0.2, 0.25) is 30.1 Å². The fraction of sp³-hybridized carbons (Fsp3) is 0.286. The Morgan fingerprint density at radius 3 is 1.39 bits per heavy atom. The van der Waals surface area contributed by atoms with Gasteiger partial charge in [-0.2, -0.15) is 0 Å². The molecule has 0 aromatic heterocycles. The monoisotopic (exact) mass is 696 g/mol. The van der Waals surface area contributed by atoms with Crippen LogP contribution in [-0.2, 0) is 9.53 Å². The number of aliphatic hydroxyl groups is 1. The van der Waals surface area contributed by atoms with Crippen LogP contribution in [0.1, 0.15) is 76.2 Å². The lowest BCUT2D eigenvalue weighted by atomic mass is 10.1. The minimum atomic E-state index is -0.860. The molecule has 2 unspecified atom stereocenters. The van der Waals surface area contributed by atoms with Crippen molar-refractivity contribution in [2.75, 3.05) is 0 Å². The van der Waals surface area contributed by atoms with Gasteiger partial charge in [0, 0.05) is 28.1 Å². The molecule has 0 fully saturated rings. The highest BCUT2D eigenvalue weighted by atomic mass is 35.5. The van der Waals surface area contributed by atoms with Gasteiger partial charge in [0.05, 0.1) is 31.8 Å². The van der Waals surface area contributed by atoms with Crippen molar-refractivity contribution >= 4 is 81.4 Å². The maximum atomic E-state index is 13.1. The molecule has 3 aromatic rings. The molecular weight excluding hydrogens is 670 g/mol. The molecule has 4 nitrogen and oxygen atoms in total. The van der Waals surface area contributed by atoms with Crippen molar-refractivity contribution in [2.24, 2.45) is 0 Å². The van der Waals surface area contributed by atoms with Gasteiger partial charge in [-0.05, 0) is 57.2 Å². The van der Waals surface area contributed by atoms with Gasteiger partial charge in [0.1, 0.15) is 23.6 Å². The Bertz CT molecular complexity index is 1350. The number of ether oxygens (including phenoxy) is 1. The molecule has 2 atom stereocenters. The van der Waals surface area contributed by atoms with E-state index in [9.17, 15) is 27.9 Å². The predicted octanol–water partition coefficient (Wildman–Crippen LogP) is 11.5. The molecule has 13 heteroatoms. The summed E-state index contributed by atoms with van der Waals surface area (Å²) in [6.45, 7) is 5.60. The Balaban J connectivity index is 0. The molecule has 0 spiro atoms. The fourth-order valence-electron chi connectivity index (χ4n) is 3.00. The molecule has 0 bridgehead atoms. The van der Waals surface area contributed by atoms with Gasteiger partial charge in [0.15, 0.2) is 5.78 Å². The third-order valence-corrected chi connectivity index (χ3v) is 6.83. The summed E-state index contributed by atoms with van der Waals surface area (Å²) in [6, 6.07) is 7.49. The summed E-state index contributed by atoms with van der Waals surface area (Å²) in [7, 11) is 0. The first-order valence-corrected chi connectivity index (χ1v) is 13.0. The number of carbonyl (C=O) groups excluding carboxylic acids is 2. The van der Waals surface area contributed by atoms with E-state index in [0.29, 0.717) is 0 Å². The predicted molar refractivity (Wildman–Crippen MR) is 164 cm³/mol. The Morgan fingerprint density at radius 2 is 1.05 bits per heavy atom. The number of rotatable bonds is 4. The first kappa shape index (κ1) is 41.4. The summed E-state index contributed by atoms with van der Waals surface area (Å²) >= 11 is 34.0. The van der Waals surface area contributed by atoms with E-state index in [0.717, 1.165) is 18.2 Å². The SMILES string of the molecule is C.C.CC(=O)OC(C)c1c(Cl)ccc(F)c1Cl.CC(=O)c1c(Cl)ccc(F)c1Cl.CC(O)c1c(Cl)ccc(F)c1Cl. The highest BCUT2D eigenvalue weighted by Gasteiger charge is 2.19. The van der Waals surface area contributed by atoms with Crippen molar-refractivity contribution in [3.63, 3.8) is 0 Å². The molecule has 3 rings (SSSR count). The van der Waals surface area contributed by atoms with Crippen LogP contribution in [0.4, 0.5) is 13.2 Å². The molecule has 41 heavy (non-hydrogen) atoms. The molecule has 228 valence electrons. The van der Waals surface area contributed by atoms with E-state index in [1.165, 1.54) is 39.0 Å². The lowest BCUT2D eigenvalue weighted by Gasteiger charge is -2.15. The van der Waals surface area contributed by atoms with Gasteiger partial charge < -0.3 is 9.84 Å². The largest absolute Gasteiger partial charge is 0.458 e. The molecule has 0 saturated heterocycles. The normalized spacial score (nSPS) is 11.3. The van der Waals surface area contributed by atoms with Gasteiger partial charge in [-0.25, -0.2) is 13.2 Å². The van der Waals surface area contributed by atoms with Crippen molar-refractivity contribution in [3.8, 4) is 0 Å². The summed E-state index contributed by atoms with van der Waals surface area (Å²) in [5.41, 5.74) is 0.560. The van der Waals surface area contributed by atoms with Crippen LogP contribution in [0.3, 0.4) is 0 Å². The second kappa shape index (κ2) is 18.7. The molecule has 0 radical (unpaired) electrons. The van der Waals surface area contributed by atoms with E-state index in [4.69, 9.17) is 74.3 Å². The van der Waals surface area contributed by atoms with Crippen LogP contribution < -0.4 is 0 Å². The summed E-state index contributed by atoms with van der Waals surface area (Å²) < 4.78 is 43.6. The summed E-state index contributed by atoms with van der Waals surface area (Å²) in [5, 5.41) is 9.46. The molecule has 0 amide bonds. The van der Waals surface area contributed by atoms with E-state index in [2.05, 4.69) is 0 Å². The molecule has 0 aliphatic rings. The van der Waals surface area contributed by atoms with Crippen LogP contribution in [0, 0.1) is 17.5 Å². The average molecular weight is 699 g/mol. The van der Waals surface area contributed by atoms with Crippen molar-refractivity contribution < 1.29 is 32.6 Å². The Hall–Kier alpha value is -1.71. The maximum Gasteiger partial charge on any atom is 0.303 e. The zero-order valence-corrected chi connectivity index (χ0v) is 25.2. The number of halogens is 9. The lowest BCUT2D eigenvalue weighted by Crippen LogP contribution is -2.06. The number of hydrogen-bond acceptors (Lipinski definition) is 4. The molecular formula is C28H29Cl6F3O4. The molecule has 0 aliphatic carbocycles. The van der Waals surface area contributed by atoms with Crippen molar-refractivity contribution in [3.05, 3.63) is 101 Å². The fourth-order valence-corrected chi connectivity index (χ4v) is 5.00. The zero-order chi connectivity index (χ0) is 30.2. The third kappa shape index (κ3) is 11.8. The average Bonchev–Trinajstić information content (AvgIpc) is 2.82. The number of hydrogen-bond donors (Lipinski definition) is 1. The maximum absolute atomic E-state index is 13.1. The van der Waals surface area contributed by atoms with E-state index in [1.54, 1.807) is 6.92 Å². The van der Waals surface area contributed by atoms with Crippen LogP contribution >= 0.6 is 69.6 Å². The summed E-state index contributed by atoms with van der Waals surface area (Å²) in [4.78, 5) is 21.6. The van der Waals surface area contributed by atoms with Gasteiger partial charge in [-0.15, -0.1) is 0 Å². The molecule has 0 aliphatic heterocycles. The molecule has 3 aromatic carbocycles. The van der Waals surface area contributed by atoms with Crippen molar-refractivity contribution in [2.45, 2.75) is 54.8 Å². The molecule has 0 heterocycles. The lowest BCUT2D eigenvalue weighted by molar-refractivity contribution is -0.145. The number of aliphatic hydroxyl groups excluding tert-OH is 1. The zero-order valence-electron chi connectivity index (χ0n) is 20.7. The smallest absolute Gasteiger partial charge is 0.303 e. The van der Waals surface area contributed by atoms with Crippen LogP contribution in [0.15, 0.2) is 36.4 Å². The van der Waals surface area contributed by atoms with Gasteiger partial charge in [0.2, 0.25) is 0 Å². The number of carbonyl (C=O) groups is 2.